The van der Waals surface area contributed by atoms with Crippen LogP contribution in [-0.4, -0.2) is 24.0 Å². The van der Waals surface area contributed by atoms with Crippen molar-refractivity contribution in [2.24, 2.45) is 11.1 Å². The molecule has 1 aromatic carbocycles. The number of hydrogen-bond donors (Lipinski definition) is 3. The van der Waals surface area contributed by atoms with E-state index in [9.17, 15) is 4.79 Å². The van der Waals surface area contributed by atoms with Crippen LogP contribution in [0.15, 0.2) is 42.6 Å². The van der Waals surface area contributed by atoms with Crippen molar-refractivity contribution in [1.82, 2.24) is 10.3 Å². The Labute approximate surface area is 125 Å². The Balaban J connectivity index is 2.08. The number of para-hydroxylation sites is 1. The van der Waals surface area contributed by atoms with Gasteiger partial charge in [-0.05, 0) is 31.9 Å². The molecule has 0 fully saturated rings. The third-order valence-corrected chi connectivity index (χ3v) is 3.70. The molecule has 0 spiro atoms. The molecular weight excluding hydrogens is 262 g/mol. The number of rotatable bonds is 5. The van der Waals surface area contributed by atoms with E-state index in [1.807, 2.05) is 44.3 Å². The fourth-order valence-corrected chi connectivity index (χ4v) is 2.38. The van der Waals surface area contributed by atoms with Crippen LogP contribution in [0.1, 0.15) is 19.4 Å². The molecule has 1 atom stereocenters. The highest BCUT2D eigenvalue weighted by molar-refractivity contribution is 5.84. The molecule has 2 rings (SSSR count). The number of nitrogens with two attached hydrogens (primary N) is 1. The van der Waals surface area contributed by atoms with Crippen LogP contribution in [0.4, 0.5) is 0 Å². The minimum absolute atomic E-state index is 0.0157. The van der Waals surface area contributed by atoms with E-state index in [0.717, 1.165) is 11.9 Å². The monoisotopic (exact) mass is 285 g/mol. The van der Waals surface area contributed by atoms with E-state index in [-0.39, 0.29) is 11.9 Å². The number of carbonyl (C=O) groups excluding carboxylic acids is 1. The largest absolute Gasteiger partial charge is 0.361 e. The van der Waals surface area contributed by atoms with Crippen LogP contribution in [0.5, 0.6) is 0 Å². The molecule has 0 bridgehead atoms. The number of amides is 1. The number of aromatic amines is 1. The lowest BCUT2D eigenvalue weighted by molar-refractivity contribution is -0.126. The van der Waals surface area contributed by atoms with Crippen LogP contribution in [0.3, 0.4) is 0 Å². The Morgan fingerprint density at radius 3 is 2.86 bits per heavy atom. The van der Waals surface area contributed by atoms with Gasteiger partial charge in [-0.25, -0.2) is 0 Å². The average Bonchev–Trinajstić information content (AvgIpc) is 2.88. The van der Waals surface area contributed by atoms with Crippen LogP contribution in [0.25, 0.3) is 10.9 Å². The standard InChI is InChI=1S/C17H23N3O/c1-17(2,16(21)19-3)9-8-13(18)10-12-11-20-15-7-5-4-6-14(12)15/h4-9,11,13,20H,10,18H2,1-3H3,(H,19,21). The second-order valence-corrected chi connectivity index (χ2v) is 5.89. The van der Waals surface area contributed by atoms with Crippen molar-refractivity contribution in [3.63, 3.8) is 0 Å². The lowest BCUT2D eigenvalue weighted by Gasteiger charge is -2.18. The highest BCUT2D eigenvalue weighted by Gasteiger charge is 2.23. The summed E-state index contributed by atoms with van der Waals surface area (Å²) >= 11 is 0. The Hall–Kier alpha value is -2.07. The Morgan fingerprint density at radius 1 is 1.43 bits per heavy atom. The molecule has 1 unspecified atom stereocenters. The van der Waals surface area contributed by atoms with Gasteiger partial charge in [-0.15, -0.1) is 0 Å². The van der Waals surface area contributed by atoms with Gasteiger partial charge in [0.25, 0.3) is 0 Å². The number of nitrogens with one attached hydrogen (secondary N) is 2. The predicted molar refractivity (Wildman–Crippen MR) is 87.0 cm³/mol. The van der Waals surface area contributed by atoms with Crippen molar-refractivity contribution in [2.45, 2.75) is 26.3 Å². The average molecular weight is 285 g/mol. The van der Waals surface area contributed by atoms with Crippen LogP contribution in [-0.2, 0) is 11.2 Å². The van der Waals surface area contributed by atoms with Gasteiger partial charge in [-0.2, -0.15) is 0 Å². The molecule has 0 aliphatic heterocycles. The third kappa shape index (κ3) is 3.52. The number of carbonyl (C=O) groups is 1. The van der Waals surface area contributed by atoms with Crippen LogP contribution in [0, 0.1) is 5.41 Å². The highest BCUT2D eigenvalue weighted by atomic mass is 16.2. The fourth-order valence-electron chi connectivity index (χ4n) is 2.38. The zero-order chi connectivity index (χ0) is 15.5. The van der Waals surface area contributed by atoms with Crippen molar-refractivity contribution in [1.29, 1.82) is 0 Å². The van der Waals surface area contributed by atoms with E-state index >= 15 is 0 Å². The lowest BCUT2D eigenvalue weighted by atomic mass is 9.90. The van der Waals surface area contributed by atoms with Gasteiger partial charge in [0.2, 0.25) is 5.91 Å². The first-order chi connectivity index (χ1) is 9.94. The minimum Gasteiger partial charge on any atom is -0.361 e. The summed E-state index contributed by atoms with van der Waals surface area (Å²) in [5.74, 6) is -0.0157. The minimum atomic E-state index is -0.549. The molecule has 0 saturated carbocycles. The number of aromatic nitrogens is 1. The number of fused-ring (bicyclic) bond motifs is 1. The Morgan fingerprint density at radius 2 is 2.14 bits per heavy atom. The first kappa shape index (κ1) is 15.3. The second kappa shape index (κ2) is 6.14. The maximum atomic E-state index is 11.7. The number of benzene rings is 1. The van der Waals surface area contributed by atoms with Gasteiger partial charge in [0, 0.05) is 30.2 Å². The molecule has 0 saturated heterocycles. The van der Waals surface area contributed by atoms with Gasteiger partial charge >= 0.3 is 0 Å². The van der Waals surface area contributed by atoms with Gasteiger partial charge in [-0.1, -0.05) is 30.4 Å². The molecule has 112 valence electrons. The lowest BCUT2D eigenvalue weighted by Crippen LogP contribution is -2.33. The summed E-state index contributed by atoms with van der Waals surface area (Å²) in [6, 6.07) is 8.05. The zero-order valence-corrected chi connectivity index (χ0v) is 12.8. The summed E-state index contributed by atoms with van der Waals surface area (Å²) in [6.07, 6.45) is 6.54. The van der Waals surface area contributed by atoms with Crippen molar-refractivity contribution in [3.8, 4) is 0 Å². The third-order valence-electron chi connectivity index (χ3n) is 3.70. The molecule has 21 heavy (non-hydrogen) atoms. The highest BCUT2D eigenvalue weighted by Crippen LogP contribution is 2.20. The quantitative estimate of drug-likeness (QED) is 0.738. The van der Waals surface area contributed by atoms with Crippen LogP contribution >= 0.6 is 0 Å². The maximum absolute atomic E-state index is 11.7. The van der Waals surface area contributed by atoms with Crippen molar-refractivity contribution in [3.05, 3.63) is 48.2 Å². The molecule has 0 radical (unpaired) electrons. The fraction of sp³-hybridized carbons (Fsp3) is 0.353. The molecule has 0 aliphatic carbocycles. The van der Waals surface area contributed by atoms with E-state index in [1.54, 1.807) is 7.05 Å². The van der Waals surface area contributed by atoms with Crippen LogP contribution < -0.4 is 11.1 Å². The van der Waals surface area contributed by atoms with E-state index < -0.39 is 5.41 Å². The molecule has 4 nitrogen and oxygen atoms in total. The normalized spacial score (nSPS) is 13.7. The molecule has 2 aromatic rings. The van der Waals surface area contributed by atoms with E-state index in [1.165, 1.54) is 10.9 Å². The van der Waals surface area contributed by atoms with Crippen LogP contribution in [0.2, 0.25) is 0 Å². The second-order valence-electron chi connectivity index (χ2n) is 5.89. The summed E-state index contributed by atoms with van der Waals surface area (Å²) < 4.78 is 0. The van der Waals surface area contributed by atoms with Gasteiger partial charge in [0.15, 0.2) is 0 Å². The topological polar surface area (TPSA) is 70.9 Å². The van der Waals surface area contributed by atoms with Crippen molar-refractivity contribution < 1.29 is 4.79 Å². The maximum Gasteiger partial charge on any atom is 0.229 e. The molecule has 4 N–H and O–H groups in total. The summed E-state index contributed by atoms with van der Waals surface area (Å²) in [6.45, 7) is 3.75. The summed E-state index contributed by atoms with van der Waals surface area (Å²) in [4.78, 5) is 15.0. The van der Waals surface area contributed by atoms with Crippen molar-refractivity contribution >= 4 is 16.8 Å². The molecule has 1 heterocycles. The SMILES string of the molecule is CNC(=O)C(C)(C)C=CC(N)Cc1c[nH]c2ccccc12. The summed E-state index contributed by atoms with van der Waals surface area (Å²) in [7, 11) is 1.64. The zero-order valence-electron chi connectivity index (χ0n) is 12.8. The molecule has 1 amide bonds. The van der Waals surface area contributed by atoms with E-state index in [2.05, 4.69) is 22.4 Å². The Bertz CT molecular complexity index is 655. The Kier molecular flexibility index (Phi) is 4.48. The first-order valence-corrected chi connectivity index (χ1v) is 7.16. The molecule has 0 aliphatic rings. The van der Waals surface area contributed by atoms with Gasteiger partial charge in [-0.3, -0.25) is 4.79 Å². The van der Waals surface area contributed by atoms with E-state index in [4.69, 9.17) is 5.73 Å². The van der Waals surface area contributed by atoms with Gasteiger partial charge < -0.3 is 16.0 Å². The van der Waals surface area contributed by atoms with E-state index in [0.29, 0.717) is 0 Å². The molecule has 1 aromatic heterocycles. The van der Waals surface area contributed by atoms with Crippen molar-refractivity contribution in [2.75, 3.05) is 7.05 Å². The summed E-state index contributed by atoms with van der Waals surface area (Å²) in [5.41, 5.74) is 7.94. The predicted octanol–water partition coefficient (Wildman–Crippen LogP) is 2.37. The smallest absolute Gasteiger partial charge is 0.229 e. The summed E-state index contributed by atoms with van der Waals surface area (Å²) in [5, 5.41) is 3.86. The molecule has 4 heteroatoms. The number of H-pyrrole nitrogens is 1. The van der Waals surface area contributed by atoms with Gasteiger partial charge in [0.05, 0.1) is 5.41 Å². The number of hydrogen-bond acceptors (Lipinski definition) is 2. The first-order valence-electron chi connectivity index (χ1n) is 7.16. The molecular formula is C17H23N3O. The van der Waals surface area contributed by atoms with Gasteiger partial charge in [0.1, 0.15) is 0 Å².